The van der Waals surface area contributed by atoms with Gasteiger partial charge in [0.15, 0.2) is 0 Å². The maximum absolute atomic E-state index is 6.34. The largest absolute Gasteiger partial charge is 0.488 e. The van der Waals surface area contributed by atoms with E-state index in [1.165, 1.54) is 11.1 Å². The van der Waals surface area contributed by atoms with E-state index in [9.17, 15) is 0 Å². The molecule has 3 rings (SSSR count). The van der Waals surface area contributed by atoms with Gasteiger partial charge in [-0.2, -0.15) is 0 Å². The Morgan fingerprint density at radius 1 is 1.25 bits per heavy atom. The Balaban J connectivity index is 2.08. The quantitative estimate of drug-likeness (QED) is 0.926. The molecule has 1 aliphatic heterocycles. The van der Waals surface area contributed by atoms with Gasteiger partial charge in [0, 0.05) is 29.1 Å². The Bertz CT molecular complexity index is 639. The molecule has 0 saturated heterocycles. The molecule has 0 aliphatic carbocycles. The van der Waals surface area contributed by atoms with Crippen LogP contribution in [0.4, 0.5) is 0 Å². The van der Waals surface area contributed by atoms with Crippen LogP contribution in [0.3, 0.4) is 0 Å². The molecule has 0 radical (unpaired) electrons. The lowest BCUT2D eigenvalue weighted by atomic mass is 9.98. The van der Waals surface area contributed by atoms with Crippen molar-refractivity contribution in [1.29, 1.82) is 0 Å². The monoisotopic (exact) mass is 287 g/mol. The maximum atomic E-state index is 6.34. The number of likely N-dealkylation sites (N-methyl/N-ethyl adjacent to an activating group) is 1. The first kappa shape index (κ1) is 13.5. The highest BCUT2D eigenvalue weighted by Gasteiger charge is 2.26. The van der Waals surface area contributed by atoms with Gasteiger partial charge < -0.3 is 10.1 Å². The van der Waals surface area contributed by atoms with Gasteiger partial charge in [-0.25, -0.2) is 0 Å². The van der Waals surface area contributed by atoms with Crippen molar-refractivity contribution in [3.05, 3.63) is 52.5 Å². The zero-order valence-electron chi connectivity index (χ0n) is 11.7. The first-order valence-corrected chi connectivity index (χ1v) is 7.26. The number of benzene rings is 2. The summed E-state index contributed by atoms with van der Waals surface area (Å²) in [6.45, 7) is 2.97. The van der Waals surface area contributed by atoms with Crippen LogP contribution in [0, 0.1) is 6.92 Å². The summed E-state index contributed by atoms with van der Waals surface area (Å²) in [7, 11) is 1.95. The summed E-state index contributed by atoms with van der Waals surface area (Å²) in [6, 6.07) is 12.3. The van der Waals surface area contributed by atoms with Crippen LogP contribution in [0.25, 0.3) is 11.1 Å². The smallest absolute Gasteiger partial charge is 0.131 e. The third-order valence-corrected chi connectivity index (χ3v) is 3.97. The molecule has 20 heavy (non-hydrogen) atoms. The molecular formula is C17H18ClNO. The molecule has 0 aromatic heterocycles. The molecule has 2 aromatic rings. The molecule has 104 valence electrons. The molecule has 0 saturated carbocycles. The topological polar surface area (TPSA) is 21.3 Å². The molecule has 0 amide bonds. The third kappa shape index (κ3) is 2.41. The first-order valence-electron chi connectivity index (χ1n) is 6.88. The molecule has 0 spiro atoms. The predicted molar refractivity (Wildman–Crippen MR) is 83.7 cm³/mol. The van der Waals surface area contributed by atoms with Crippen molar-refractivity contribution in [2.75, 3.05) is 13.6 Å². The normalized spacial score (nSPS) is 16.9. The Labute approximate surface area is 124 Å². The summed E-state index contributed by atoms with van der Waals surface area (Å²) in [5, 5.41) is 3.94. The Morgan fingerprint density at radius 2 is 2.05 bits per heavy atom. The van der Waals surface area contributed by atoms with Crippen LogP contribution in [0.15, 0.2) is 36.4 Å². The lowest BCUT2D eigenvalue weighted by Gasteiger charge is -2.13. The number of fused-ring (bicyclic) bond motifs is 1. The molecule has 1 aliphatic rings. The fourth-order valence-electron chi connectivity index (χ4n) is 2.81. The molecule has 2 nitrogen and oxygen atoms in total. The average Bonchev–Trinajstić information content (AvgIpc) is 2.81. The van der Waals surface area contributed by atoms with E-state index >= 15 is 0 Å². The van der Waals surface area contributed by atoms with E-state index in [4.69, 9.17) is 16.3 Å². The van der Waals surface area contributed by atoms with Crippen molar-refractivity contribution in [3.8, 4) is 16.9 Å². The zero-order valence-corrected chi connectivity index (χ0v) is 12.5. The second kappa shape index (κ2) is 5.47. The summed E-state index contributed by atoms with van der Waals surface area (Å²) in [5.41, 5.74) is 4.66. The van der Waals surface area contributed by atoms with Crippen LogP contribution in [0.5, 0.6) is 5.75 Å². The number of rotatable bonds is 3. The van der Waals surface area contributed by atoms with Crippen molar-refractivity contribution in [1.82, 2.24) is 5.32 Å². The molecule has 0 fully saturated rings. The van der Waals surface area contributed by atoms with Crippen LogP contribution in [0.1, 0.15) is 11.1 Å². The number of nitrogens with one attached hydrogen (secondary N) is 1. The molecule has 1 N–H and O–H groups in total. The lowest BCUT2D eigenvalue weighted by Crippen LogP contribution is -2.27. The van der Waals surface area contributed by atoms with E-state index < -0.39 is 0 Å². The number of hydrogen-bond donors (Lipinski definition) is 1. The van der Waals surface area contributed by atoms with E-state index in [1.807, 2.05) is 31.3 Å². The number of aryl methyl sites for hydroxylation is 1. The second-order valence-electron chi connectivity index (χ2n) is 5.28. The molecule has 2 aromatic carbocycles. The molecule has 1 atom stereocenters. The Hall–Kier alpha value is -1.51. The highest BCUT2D eigenvalue weighted by atomic mass is 35.5. The molecule has 3 heteroatoms. The minimum absolute atomic E-state index is 0.207. The highest BCUT2D eigenvalue weighted by molar-refractivity contribution is 6.33. The SMILES string of the molecule is CNC[C@H]1Cc2cc(C)cc(-c3ccccc3Cl)c2O1. The van der Waals surface area contributed by atoms with Gasteiger partial charge in [-0.1, -0.05) is 35.9 Å². The van der Waals surface area contributed by atoms with Crippen molar-refractivity contribution in [2.24, 2.45) is 0 Å². The fourth-order valence-corrected chi connectivity index (χ4v) is 3.05. The standard InChI is InChI=1S/C17H18ClNO/c1-11-7-12-9-13(10-19-2)20-17(12)15(8-11)14-5-3-4-6-16(14)18/h3-8,13,19H,9-10H2,1-2H3/t13-/m1/s1. The molecule has 0 unspecified atom stereocenters. The molecule has 0 bridgehead atoms. The molecule has 1 heterocycles. The Morgan fingerprint density at radius 3 is 2.80 bits per heavy atom. The average molecular weight is 288 g/mol. The van der Waals surface area contributed by atoms with E-state index in [0.29, 0.717) is 0 Å². The summed E-state index contributed by atoms with van der Waals surface area (Å²) >= 11 is 6.34. The van der Waals surface area contributed by atoms with E-state index in [-0.39, 0.29) is 6.10 Å². The second-order valence-corrected chi connectivity index (χ2v) is 5.69. The van der Waals surface area contributed by atoms with Crippen molar-refractivity contribution >= 4 is 11.6 Å². The third-order valence-electron chi connectivity index (χ3n) is 3.64. The van der Waals surface area contributed by atoms with E-state index in [2.05, 4.69) is 24.4 Å². The summed E-state index contributed by atoms with van der Waals surface area (Å²) in [5.74, 6) is 0.990. The first-order chi connectivity index (χ1) is 9.69. The van der Waals surface area contributed by atoms with Crippen LogP contribution >= 0.6 is 11.6 Å². The summed E-state index contributed by atoms with van der Waals surface area (Å²) in [6.07, 6.45) is 1.16. The van der Waals surface area contributed by atoms with Crippen LogP contribution in [-0.2, 0) is 6.42 Å². The minimum atomic E-state index is 0.207. The zero-order chi connectivity index (χ0) is 14.1. The maximum Gasteiger partial charge on any atom is 0.131 e. The summed E-state index contributed by atoms with van der Waals surface area (Å²) in [4.78, 5) is 0. The van der Waals surface area contributed by atoms with Crippen molar-refractivity contribution in [3.63, 3.8) is 0 Å². The van der Waals surface area contributed by atoms with Gasteiger partial charge in [0.25, 0.3) is 0 Å². The van der Waals surface area contributed by atoms with Crippen LogP contribution in [-0.4, -0.2) is 19.7 Å². The van der Waals surface area contributed by atoms with Gasteiger partial charge in [0.2, 0.25) is 0 Å². The van der Waals surface area contributed by atoms with Crippen molar-refractivity contribution in [2.45, 2.75) is 19.4 Å². The number of halogens is 1. The predicted octanol–water partition coefficient (Wildman–Crippen LogP) is 3.84. The van der Waals surface area contributed by atoms with Gasteiger partial charge >= 0.3 is 0 Å². The van der Waals surface area contributed by atoms with E-state index in [1.54, 1.807) is 0 Å². The lowest BCUT2D eigenvalue weighted by molar-refractivity contribution is 0.232. The summed E-state index contributed by atoms with van der Waals surface area (Å²) < 4.78 is 6.12. The Kier molecular flexibility index (Phi) is 3.68. The minimum Gasteiger partial charge on any atom is -0.488 e. The van der Waals surface area contributed by atoms with Gasteiger partial charge in [0.1, 0.15) is 11.9 Å². The number of hydrogen-bond acceptors (Lipinski definition) is 2. The van der Waals surface area contributed by atoms with Crippen LogP contribution < -0.4 is 10.1 Å². The van der Waals surface area contributed by atoms with Crippen LogP contribution in [0.2, 0.25) is 5.02 Å². The van der Waals surface area contributed by atoms with Gasteiger partial charge in [-0.05, 0) is 37.2 Å². The van der Waals surface area contributed by atoms with Gasteiger partial charge in [0.05, 0.1) is 0 Å². The van der Waals surface area contributed by atoms with Crippen molar-refractivity contribution < 1.29 is 4.74 Å². The van der Waals surface area contributed by atoms with Gasteiger partial charge in [-0.3, -0.25) is 0 Å². The van der Waals surface area contributed by atoms with Gasteiger partial charge in [-0.15, -0.1) is 0 Å². The number of ether oxygens (including phenoxy) is 1. The highest BCUT2D eigenvalue weighted by Crippen LogP contribution is 2.41. The van der Waals surface area contributed by atoms with E-state index in [0.717, 1.165) is 34.9 Å². The molecular weight excluding hydrogens is 270 g/mol. The fraction of sp³-hybridized carbons (Fsp3) is 0.294.